The van der Waals surface area contributed by atoms with E-state index in [-0.39, 0.29) is 0 Å². The Balaban J connectivity index is 1.91. The minimum Gasteiger partial charge on any atom is -0.370 e. The maximum Gasteiger partial charge on any atom is 0.0426 e. The molecule has 0 heterocycles. The average molecular weight is 282 g/mol. The molecule has 2 aromatic rings. The van der Waals surface area contributed by atoms with Gasteiger partial charge in [0.15, 0.2) is 0 Å². The fourth-order valence-corrected chi connectivity index (χ4v) is 2.39. The third kappa shape index (κ3) is 4.91. The Morgan fingerprint density at radius 3 is 2.14 bits per heavy atom. The molecule has 2 nitrogen and oxygen atoms in total. The molecule has 0 saturated heterocycles. The predicted octanol–water partition coefficient (Wildman–Crippen LogP) is 3.78. The van der Waals surface area contributed by atoms with Crippen LogP contribution < -0.4 is 10.2 Å². The van der Waals surface area contributed by atoms with Gasteiger partial charge >= 0.3 is 0 Å². The molecule has 0 aromatic heterocycles. The van der Waals surface area contributed by atoms with E-state index in [1.807, 2.05) is 0 Å². The predicted molar refractivity (Wildman–Crippen MR) is 92.0 cm³/mol. The molecule has 0 unspecified atom stereocenters. The van der Waals surface area contributed by atoms with Crippen molar-refractivity contribution in [2.45, 2.75) is 26.8 Å². The van der Waals surface area contributed by atoms with E-state index in [0.717, 1.165) is 26.1 Å². The standard InChI is InChI=1S/C19H26N2/c1-4-20-14-13-17-7-9-18(10-8-17)15-21(3)19-11-5-16(2)6-12-19/h5-12,20H,4,13-15H2,1-3H3. The topological polar surface area (TPSA) is 15.3 Å². The Labute approximate surface area is 128 Å². The van der Waals surface area contributed by atoms with Gasteiger partial charge in [-0.05, 0) is 49.7 Å². The monoisotopic (exact) mass is 282 g/mol. The van der Waals surface area contributed by atoms with E-state index in [9.17, 15) is 0 Å². The maximum atomic E-state index is 3.36. The Morgan fingerprint density at radius 1 is 0.905 bits per heavy atom. The van der Waals surface area contributed by atoms with Gasteiger partial charge in [0.05, 0.1) is 0 Å². The molecule has 0 aliphatic heterocycles. The van der Waals surface area contributed by atoms with E-state index < -0.39 is 0 Å². The first-order valence-corrected chi connectivity index (χ1v) is 7.75. The van der Waals surface area contributed by atoms with E-state index in [4.69, 9.17) is 0 Å². The number of nitrogens with zero attached hydrogens (tertiary/aromatic N) is 1. The lowest BCUT2D eigenvalue weighted by atomic mass is 10.1. The van der Waals surface area contributed by atoms with Crippen molar-refractivity contribution in [3.8, 4) is 0 Å². The maximum absolute atomic E-state index is 3.36. The fraction of sp³-hybridized carbons (Fsp3) is 0.368. The molecule has 2 aromatic carbocycles. The molecule has 21 heavy (non-hydrogen) atoms. The normalized spacial score (nSPS) is 10.6. The van der Waals surface area contributed by atoms with Crippen molar-refractivity contribution in [1.82, 2.24) is 5.32 Å². The second kappa shape index (κ2) is 7.84. The molecular weight excluding hydrogens is 256 g/mol. The van der Waals surface area contributed by atoms with E-state index in [2.05, 4.69) is 79.6 Å². The third-order valence-corrected chi connectivity index (χ3v) is 3.76. The zero-order valence-electron chi connectivity index (χ0n) is 13.4. The van der Waals surface area contributed by atoms with Crippen LogP contribution in [-0.2, 0) is 13.0 Å². The molecule has 2 rings (SSSR count). The summed E-state index contributed by atoms with van der Waals surface area (Å²) in [7, 11) is 2.14. The summed E-state index contributed by atoms with van der Waals surface area (Å²) in [6.45, 7) is 7.30. The second-order valence-corrected chi connectivity index (χ2v) is 5.61. The molecule has 0 aliphatic rings. The van der Waals surface area contributed by atoms with E-state index >= 15 is 0 Å². The van der Waals surface area contributed by atoms with E-state index in [1.54, 1.807) is 0 Å². The molecule has 0 fully saturated rings. The highest BCUT2D eigenvalue weighted by molar-refractivity contribution is 5.47. The van der Waals surface area contributed by atoms with Crippen molar-refractivity contribution in [3.05, 3.63) is 65.2 Å². The van der Waals surface area contributed by atoms with Crippen molar-refractivity contribution in [2.75, 3.05) is 25.0 Å². The van der Waals surface area contributed by atoms with Crippen LogP contribution >= 0.6 is 0 Å². The molecular formula is C19H26N2. The fourth-order valence-electron chi connectivity index (χ4n) is 2.39. The highest BCUT2D eigenvalue weighted by Crippen LogP contribution is 2.16. The molecule has 0 radical (unpaired) electrons. The first-order chi connectivity index (χ1) is 10.2. The van der Waals surface area contributed by atoms with Gasteiger partial charge in [0.2, 0.25) is 0 Å². The summed E-state index contributed by atoms with van der Waals surface area (Å²) in [6, 6.07) is 17.7. The van der Waals surface area contributed by atoms with Crippen LogP contribution in [0.1, 0.15) is 23.6 Å². The quantitative estimate of drug-likeness (QED) is 0.777. The SMILES string of the molecule is CCNCCc1ccc(CN(C)c2ccc(C)cc2)cc1. The lowest BCUT2D eigenvalue weighted by Crippen LogP contribution is -2.17. The summed E-state index contributed by atoms with van der Waals surface area (Å²) in [5.74, 6) is 0. The van der Waals surface area contributed by atoms with Crippen molar-refractivity contribution < 1.29 is 0 Å². The van der Waals surface area contributed by atoms with E-state index in [1.165, 1.54) is 22.4 Å². The molecule has 0 aliphatic carbocycles. The van der Waals surface area contributed by atoms with Crippen LogP contribution in [0.4, 0.5) is 5.69 Å². The minimum absolute atomic E-state index is 0.941. The van der Waals surface area contributed by atoms with Gasteiger partial charge in [0, 0.05) is 19.3 Å². The summed E-state index contributed by atoms with van der Waals surface area (Å²) in [5.41, 5.74) is 5.32. The van der Waals surface area contributed by atoms with Gasteiger partial charge in [0.1, 0.15) is 0 Å². The molecule has 0 bridgehead atoms. The zero-order valence-corrected chi connectivity index (χ0v) is 13.4. The Hall–Kier alpha value is -1.80. The Kier molecular flexibility index (Phi) is 5.82. The van der Waals surface area contributed by atoms with Crippen LogP contribution in [0.25, 0.3) is 0 Å². The van der Waals surface area contributed by atoms with Gasteiger partial charge in [-0.1, -0.05) is 48.9 Å². The highest BCUT2D eigenvalue weighted by Gasteiger charge is 2.02. The van der Waals surface area contributed by atoms with Gasteiger partial charge in [-0.15, -0.1) is 0 Å². The van der Waals surface area contributed by atoms with Gasteiger partial charge in [-0.25, -0.2) is 0 Å². The number of nitrogens with one attached hydrogen (secondary N) is 1. The molecule has 0 spiro atoms. The molecule has 112 valence electrons. The van der Waals surface area contributed by atoms with Crippen LogP contribution in [0.5, 0.6) is 0 Å². The third-order valence-electron chi connectivity index (χ3n) is 3.76. The summed E-state index contributed by atoms with van der Waals surface area (Å²) in [4.78, 5) is 2.28. The molecule has 0 amide bonds. The number of benzene rings is 2. The average Bonchev–Trinajstić information content (AvgIpc) is 2.50. The zero-order chi connectivity index (χ0) is 15.1. The summed E-state index contributed by atoms with van der Waals surface area (Å²) < 4.78 is 0. The highest BCUT2D eigenvalue weighted by atomic mass is 15.1. The number of rotatable bonds is 7. The second-order valence-electron chi connectivity index (χ2n) is 5.61. The lowest BCUT2D eigenvalue weighted by Gasteiger charge is -2.19. The van der Waals surface area contributed by atoms with E-state index in [0.29, 0.717) is 0 Å². The van der Waals surface area contributed by atoms with Crippen LogP contribution in [-0.4, -0.2) is 20.1 Å². The number of hydrogen-bond donors (Lipinski definition) is 1. The molecule has 2 heteroatoms. The first-order valence-electron chi connectivity index (χ1n) is 7.75. The number of aryl methyl sites for hydroxylation is 1. The summed E-state index contributed by atoms with van der Waals surface area (Å²) in [5, 5.41) is 3.36. The van der Waals surface area contributed by atoms with Crippen molar-refractivity contribution >= 4 is 5.69 Å². The van der Waals surface area contributed by atoms with Gasteiger partial charge < -0.3 is 10.2 Å². The van der Waals surface area contributed by atoms with Gasteiger partial charge in [-0.2, -0.15) is 0 Å². The van der Waals surface area contributed by atoms with Crippen molar-refractivity contribution in [1.29, 1.82) is 0 Å². The largest absolute Gasteiger partial charge is 0.370 e. The van der Waals surface area contributed by atoms with Crippen molar-refractivity contribution in [2.24, 2.45) is 0 Å². The Bertz CT molecular complexity index is 528. The molecule has 0 atom stereocenters. The number of likely N-dealkylation sites (N-methyl/N-ethyl adjacent to an activating group) is 1. The molecule has 1 N–H and O–H groups in total. The van der Waals surface area contributed by atoms with Crippen LogP contribution in [0.15, 0.2) is 48.5 Å². The Morgan fingerprint density at radius 2 is 1.52 bits per heavy atom. The first kappa shape index (κ1) is 15.6. The van der Waals surface area contributed by atoms with Crippen molar-refractivity contribution in [3.63, 3.8) is 0 Å². The van der Waals surface area contributed by atoms with Gasteiger partial charge in [0.25, 0.3) is 0 Å². The smallest absolute Gasteiger partial charge is 0.0426 e. The van der Waals surface area contributed by atoms with Crippen LogP contribution in [0.2, 0.25) is 0 Å². The lowest BCUT2D eigenvalue weighted by molar-refractivity contribution is 0.716. The number of anilines is 1. The van der Waals surface area contributed by atoms with Gasteiger partial charge in [-0.3, -0.25) is 0 Å². The summed E-state index contributed by atoms with van der Waals surface area (Å²) in [6.07, 6.45) is 1.10. The van der Waals surface area contributed by atoms with Crippen LogP contribution in [0.3, 0.4) is 0 Å². The van der Waals surface area contributed by atoms with Crippen LogP contribution in [0, 0.1) is 6.92 Å². The minimum atomic E-state index is 0.941. The summed E-state index contributed by atoms with van der Waals surface area (Å²) >= 11 is 0. The number of hydrogen-bond acceptors (Lipinski definition) is 2. The molecule has 0 saturated carbocycles.